The van der Waals surface area contributed by atoms with Crippen molar-refractivity contribution in [3.63, 3.8) is 0 Å². The summed E-state index contributed by atoms with van der Waals surface area (Å²) in [5.74, 6) is -1.31. The van der Waals surface area contributed by atoms with Gasteiger partial charge in [0.1, 0.15) is 5.82 Å². The largest absolute Gasteiger partial charge is 0.398 e. The third kappa shape index (κ3) is 2.08. The number of halogens is 3. The van der Waals surface area contributed by atoms with Crippen LogP contribution in [0, 0.1) is 11.6 Å². The molecule has 0 atom stereocenters. The van der Waals surface area contributed by atoms with Crippen molar-refractivity contribution in [1.82, 2.24) is 9.97 Å². The number of H-pyrrole nitrogens is 1. The number of fused-ring (bicyclic) bond motifs is 1. The van der Waals surface area contributed by atoms with Gasteiger partial charge in [0.2, 0.25) is 0 Å². The Labute approximate surface area is 115 Å². The van der Waals surface area contributed by atoms with Crippen molar-refractivity contribution in [2.45, 2.75) is 0 Å². The summed E-state index contributed by atoms with van der Waals surface area (Å²) >= 11 is 3.30. The van der Waals surface area contributed by atoms with Gasteiger partial charge in [-0.3, -0.25) is 0 Å². The zero-order chi connectivity index (χ0) is 13.6. The number of nitrogens with two attached hydrogens (primary N) is 1. The molecule has 0 aliphatic heterocycles. The van der Waals surface area contributed by atoms with Crippen molar-refractivity contribution in [3.8, 4) is 11.4 Å². The lowest BCUT2D eigenvalue weighted by Crippen LogP contribution is -1.88. The van der Waals surface area contributed by atoms with E-state index in [1.807, 2.05) is 6.07 Å². The van der Waals surface area contributed by atoms with Crippen LogP contribution in [0.4, 0.5) is 14.5 Å². The molecule has 2 aromatic carbocycles. The smallest absolute Gasteiger partial charge is 0.161 e. The fourth-order valence-electron chi connectivity index (χ4n) is 1.83. The Morgan fingerprint density at radius 2 is 1.84 bits per heavy atom. The van der Waals surface area contributed by atoms with E-state index in [-0.39, 0.29) is 0 Å². The zero-order valence-electron chi connectivity index (χ0n) is 9.55. The number of nitrogen functional groups attached to an aromatic ring is 1. The van der Waals surface area contributed by atoms with Gasteiger partial charge in [0.25, 0.3) is 0 Å². The second kappa shape index (κ2) is 4.31. The van der Waals surface area contributed by atoms with Gasteiger partial charge in [-0.1, -0.05) is 0 Å². The molecule has 0 spiro atoms. The average Bonchev–Trinajstić information content (AvgIpc) is 2.76. The number of hydrogen-bond donors (Lipinski definition) is 2. The fraction of sp³-hybridized carbons (Fsp3) is 0. The van der Waals surface area contributed by atoms with E-state index in [1.165, 1.54) is 0 Å². The summed E-state index contributed by atoms with van der Waals surface area (Å²) in [6.45, 7) is 0. The van der Waals surface area contributed by atoms with Crippen molar-refractivity contribution < 1.29 is 8.78 Å². The number of aromatic nitrogens is 2. The molecule has 0 saturated carbocycles. The monoisotopic (exact) mass is 323 g/mol. The summed E-state index contributed by atoms with van der Waals surface area (Å²) < 4.78 is 27.0. The molecule has 19 heavy (non-hydrogen) atoms. The Morgan fingerprint density at radius 3 is 2.58 bits per heavy atom. The number of imidazole rings is 1. The van der Waals surface area contributed by atoms with Crippen molar-refractivity contribution in [2.75, 3.05) is 5.73 Å². The highest BCUT2D eigenvalue weighted by atomic mass is 79.9. The predicted octanol–water partition coefficient (Wildman–Crippen LogP) is 3.85. The molecule has 3 aromatic rings. The topological polar surface area (TPSA) is 54.7 Å². The molecule has 0 amide bonds. The van der Waals surface area contributed by atoms with Crippen LogP contribution in [-0.2, 0) is 0 Å². The standard InChI is InChI=1S/C13H8BrF2N3/c14-7-2-1-6(3-10(7)17)13-18-11-4-8(15)9(16)5-12(11)19-13/h1-5H,17H2,(H,18,19). The maximum Gasteiger partial charge on any atom is 0.161 e. The summed E-state index contributed by atoms with van der Waals surface area (Å²) in [6, 6.07) is 7.48. The first-order valence-electron chi connectivity index (χ1n) is 5.45. The first-order chi connectivity index (χ1) is 9.04. The first-order valence-corrected chi connectivity index (χ1v) is 6.24. The number of benzene rings is 2. The van der Waals surface area contributed by atoms with Crippen molar-refractivity contribution in [3.05, 3.63) is 46.4 Å². The van der Waals surface area contributed by atoms with Gasteiger partial charge >= 0.3 is 0 Å². The van der Waals surface area contributed by atoms with E-state index in [4.69, 9.17) is 5.73 Å². The van der Waals surface area contributed by atoms with E-state index in [1.54, 1.807) is 12.1 Å². The van der Waals surface area contributed by atoms with Crippen LogP contribution in [-0.4, -0.2) is 9.97 Å². The van der Waals surface area contributed by atoms with E-state index >= 15 is 0 Å². The molecule has 1 heterocycles. The van der Waals surface area contributed by atoms with Gasteiger partial charge in [0.15, 0.2) is 11.6 Å². The van der Waals surface area contributed by atoms with Crippen molar-refractivity contribution in [2.24, 2.45) is 0 Å². The molecule has 0 aliphatic carbocycles. The third-order valence-electron chi connectivity index (χ3n) is 2.79. The van der Waals surface area contributed by atoms with Crippen LogP contribution in [0.25, 0.3) is 22.4 Å². The molecular weight excluding hydrogens is 316 g/mol. The van der Waals surface area contributed by atoms with Crippen molar-refractivity contribution in [1.29, 1.82) is 0 Å². The Kier molecular flexibility index (Phi) is 2.74. The van der Waals surface area contributed by atoms with E-state index in [2.05, 4.69) is 25.9 Å². The molecule has 6 heteroatoms. The summed E-state index contributed by atoms with van der Waals surface area (Å²) in [5.41, 5.74) is 7.92. The first kappa shape index (κ1) is 12.1. The van der Waals surface area contributed by atoms with E-state index in [9.17, 15) is 8.78 Å². The second-order valence-electron chi connectivity index (χ2n) is 4.11. The van der Waals surface area contributed by atoms with Crippen LogP contribution >= 0.6 is 15.9 Å². The molecule has 0 radical (unpaired) electrons. The van der Waals surface area contributed by atoms with Gasteiger partial charge in [0, 0.05) is 27.9 Å². The van der Waals surface area contributed by atoms with Gasteiger partial charge < -0.3 is 10.7 Å². The number of nitrogens with one attached hydrogen (secondary N) is 1. The van der Waals surface area contributed by atoms with E-state index < -0.39 is 11.6 Å². The maximum atomic E-state index is 13.1. The minimum atomic E-state index is -0.916. The minimum Gasteiger partial charge on any atom is -0.398 e. The van der Waals surface area contributed by atoms with Gasteiger partial charge in [-0.25, -0.2) is 13.8 Å². The second-order valence-corrected chi connectivity index (χ2v) is 4.96. The average molecular weight is 324 g/mol. The van der Waals surface area contributed by atoms with Crippen LogP contribution in [0.3, 0.4) is 0 Å². The molecular formula is C13H8BrF2N3. The normalized spacial score (nSPS) is 11.1. The fourth-order valence-corrected chi connectivity index (χ4v) is 2.08. The van der Waals surface area contributed by atoms with Crippen LogP contribution in [0.2, 0.25) is 0 Å². The minimum absolute atomic E-state index is 0.371. The Morgan fingerprint density at radius 1 is 1.11 bits per heavy atom. The molecule has 96 valence electrons. The van der Waals surface area contributed by atoms with Gasteiger partial charge in [-0.2, -0.15) is 0 Å². The number of nitrogens with zero attached hydrogens (tertiary/aromatic N) is 1. The molecule has 0 bridgehead atoms. The SMILES string of the molecule is Nc1cc(-c2nc3cc(F)c(F)cc3[nH]2)ccc1Br. The van der Waals surface area contributed by atoms with E-state index in [0.29, 0.717) is 22.5 Å². The molecule has 3 nitrogen and oxygen atoms in total. The van der Waals surface area contributed by atoms with Crippen LogP contribution in [0.5, 0.6) is 0 Å². The molecule has 0 unspecified atom stereocenters. The number of anilines is 1. The quantitative estimate of drug-likeness (QED) is 0.668. The van der Waals surface area contributed by atoms with E-state index in [0.717, 1.165) is 22.2 Å². The summed E-state index contributed by atoms with van der Waals surface area (Å²) in [7, 11) is 0. The highest BCUT2D eigenvalue weighted by Gasteiger charge is 2.10. The van der Waals surface area contributed by atoms with Crippen LogP contribution in [0.15, 0.2) is 34.8 Å². The Hall–Kier alpha value is -1.95. The highest BCUT2D eigenvalue weighted by Crippen LogP contribution is 2.27. The molecule has 1 aromatic heterocycles. The third-order valence-corrected chi connectivity index (χ3v) is 3.52. The molecule has 0 aliphatic rings. The lowest BCUT2D eigenvalue weighted by Gasteiger charge is -2.00. The molecule has 0 fully saturated rings. The Bertz CT molecular complexity index is 744. The zero-order valence-corrected chi connectivity index (χ0v) is 11.1. The molecule has 0 saturated heterocycles. The molecule has 3 N–H and O–H groups in total. The molecule has 3 rings (SSSR count). The van der Waals surface area contributed by atoms with Gasteiger partial charge in [0.05, 0.1) is 11.0 Å². The number of aromatic amines is 1. The van der Waals surface area contributed by atoms with Crippen LogP contribution in [0.1, 0.15) is 0 Å². The highest BCUT2D eigenvalue weighted by molar-refractivity contribution is 9.10. The summed E-state index contributed by atoms with van der Waals surface area (Å²) in [5, 5.41) is 0. The summed E-state index contributed by atoms with van der Waals surface area (Å²) in [4.78, 5) is 7.16. The number of hydrogen-bond acceptors (Lipinski definition) is 2. The Balaban J connectivity index is 2.17. The van der Waals surface area contributed by atoms with Crippen molar-refractivity contribution >= 4 is 32.7 Å². The summed E-state index contributed by atoms with van der Waals surface area (Å²) in [6.07, 6.45) is 0. The van der Waals surface area contributed by atoms with Gasteiger partial charge in [-0.05, 0) is 34.1 Å². The van der Waals surface area contributed by atoms with Crippen LogP contribution < -0.4 is 5.73 Å². The predicted molar refractivity (Wildman–Crippen MR) is 73.6 cm³/mol. The number of rotatable bonds is 1. The lowest BCUT2D eigenvalue weighted by molar-refractivity contribution is 0.510. The lowest BCUT2D eigenvalue weighted by atomic mass is 10.2. The maximum absolute atomic E-state index is 13.1. The van der Waals surface area contributed by atoms with Gasteiger partial charge in [-0.15, -0.1) is 0 Å².